The van der Waals surface area contributed by atoms with E-state index in [1.54, 1.807) is 0 Å². The van der Waals surface area contributed by atoms with Crippen molar-refractivity contribution in [2.45, 2.75) is 6.18 Å². The number of halogens is 5. The Kier molecular flexibility index (Phi) is 4.47. The number of para-hydroxylation sites is 1. The second-order valence-corrected chi connectivity index (χ2v) is 4.46. The van der Waals surface area contributed by atoms with Crippen LogP contribution in [-0.4, -0.2) is 6.21 Å². The predicted octanol–water partition coefficient (Wildman–Crippen LogP) is 4.94. The minimum absolute atomic E-state index is 0.00356. The molecule has 0 aliphatic rings. The summed E-state index contributed by atoms with van der Waals surface area (Å²) in [6.45, 7) is 0. The van der Waals surface area contributed by atoms with Gasteiger partial charge in [-0.2, -0.15) is 18.3 Å². The lowest BCUT2D eigenvalue weighted by Crippen LogP contribution is -2.08. The molecule has 0 saturated heterocycles. The Morgan fingerprint density at radius 3 is 2.43 bits per heavy atom. The van der Waals surface area contributed by atoms with Gasteiger partial charge in [-0.1, -0.05) is 29.8 Å². The van der Waals surface area contributed by atoms with Gasteiger partial charge in [0.2, 0.25) is 0 Å². The molecule has 0 radical (unpaired) electrons. The van der Waals surface area contributed by atoms with Crippen molar-refractivity contribution in [2.75, 3.05) is 5.43 Å². The normalized spacial score (nSPS) is 11.9. The summed E-state index contributed by atoms with van der Waals surface area (Å²) in [6.07, 6.45) is -3.47. The van der Waals surface area contributed by atoms with Crippen LogP contribution in [0.25, 0.3) is 0 Å². The van der Waals surface area contributed by atoms with Crippen LogP contribution in [0.5, 0.6) is 0 Å². The topological polar surface area (TPSA) is 24.4 Å². The standard InChI is InChI=1S/C14H9ClF4N2/c15-11-5-3-6-12(16)9(11)8-20-21-13-7-2-1-4-10(13)14(17,18)19/h1-8,21H/b20-8+. The van der Waals surface area contributed by atoms with E-state index in [0.29, 0.717) is 0 Å². The number of hydrazone groups is 1. The van der Waals surface area contributed by atoms with Crippen molar-refractivity contribution in [3.05, 3.63) is 64.4 Å². The molecule has 0 spiro atoms. The molecule has 1 N–H and O–H groups in total. The molecule has 0 aromatic heterocycles. The Labute approximate surface area is 123 Å². The maximum Gasteiger partial charge on any atom is 0.418 e. The second-order valence-electron chi connectivity index (χ2n) is 4.05. The molecule has 0 fully saturated rings. The first-order chi connectivity index (χ1) is 9.89. The van der Waals surface area contributed by atoms with Gasteiger partial charge in [0.1, 0.15) is 5.82 Å². The summed E-state index contributed by atoms with van der Waals surface area (Å²) in [7, 11) is 0. The molecular weight excluding hydrogens is 308 g/mol. The zero-order chi connectivity index (χ0) is 15.5. The Morgan fingerprint density at radius 2 is 1.76 bits per heavy atom. The van der Waals surface area contributed by atoms with Gasteiger partial charge in [0.25, 0.3) is 0 Å². The van der Waals surface area contributed by atoms with Crippen LogP contribution in [0.3, 0.4) is 0 Å². The zero-order valence-corrected chi connectivity index (χ0v) is 11.2. The largest absolute Gasteiger partial charge is 0.418 e. The summed E-state index contributed by atoms with van der Waals surface area (Å²) in [4.78, 5) is 0. The predicted molar refractivity (Wildman–Crippen MR) is 74.1 cm³/mol. The van der Waals surface area contributed by atoms with Crippen LogP contribution in [0.2, 0.25) is 5.02 Å². The van der Waals surface area contributed by atoms with Crippen LogP contribution in [0.4, 0.5) is 23.2 Å². The van der Waals surface area contributed by atoms with Gasteiger partial charge in [-0.15, -0.1) is 0 Å². The Balaban J connectivity index is 2.23. The SMILES string of the molecule is Fc1cccc(Cl)c1/C=N/Nc1ccccc1C(F)(F)F. The summed E-state index contributed by atoms with van der Waals surface area (Å²) in [5.74, 6) is -0.614. The summed E-state index contributed by atoms with van der Waals surface area (Å²) < 4.78 is 51.7. The van der Waals surface area contributed by atoms with Gasteiger partial charge >= 0.3 is 6.18 Å². The average molecular weight is 317 g/mol. The number of hydrogen-bond donors (Lipinski definition) is 1. The molecule has 0 bridgehead atoms. The van der Waals surface area contributed by atoms with Crippen LogP contribution in [0, 0.1) is 5.82 Å². The van der Waals surface area contributed by atoms with Crippen molar-refractivity contribution in [2.24, 2.45) is 5.10 Å². The van der Waals surface area contributed by atoms with E-state index in [0.717, 1.165) is 12.3 Å². The summed E-state index contributed by atoms with van der Waals surface area (Å²) in [5, 5.41) is 3.72. The number of alkyl halides is 3. The number of hydrogen-bond acceptors (Lipinski definition) is 2. The van der Waals surface area contributed by atoms with Crippen LogP contribution in [0.15, 0.2) is 47.6 Å². The van der Waals surface area contributed by atoms with Gasteiger partial charge in [0.05, 0.1) is 22.5 Å². The van der Waals surface area contributed by atoms with Crippen LogP contribution in [0.1, 0.15) is 11.1 Å². The molecular formula is C14H9ClF4N2. The lowest BCUT2D eigenvalue weighted by atomic mass is 10.2. The zero-order valence-electron chi connectivity index (χ0n) is 10.5. The summed E-state index contributed by atoms with van der Waals surface area (Å²) >= 11 is 5.78. The van der Waals surface area contributed by atoms with E-state index >= 15 is 0 Å². The van der Waals surface area contributed by atoms with Gasteiger partial charge in [-0.05, 0) is 24.3 Å². The smallest absolute Gasteiger partial charge is 0.278 e. The van der Waals surface area contributed by atoms with Gasteiger partial charge in [0, 0.05) is 5.56 Å². The highest BCUT2D eigenvalue weighted by Gasteiger charge is 2.33. The van der Waals surface area contributed by atoms with Gasteiger partial charge in [-0.25, -0.2) is 4.39 Å². The van der Waals surface area contributed by atoms with E-state index in [2.05, 4.69) is 10.5 Å². The third-order valence-corrected chi connectivity index (χ3v) is 2.94. The Bertz CT molecular complexity index is 648. The molecule has 0 aliphatic heterocycles. The molecule has 7 heteroatoms. The van der Waals surface area contributed by atoms with Crippen molar-refractivity contribution in [1.29, 1.82) is 0 Å². The van der Waals surface area contributed by atoms with Crippen LogP contribution >= 0.6 is 11.6 Å². The Morgan fingerprint density at radius 1 is 1.05 bits per heavy atom. The molecule has 2 nitrogen and oxygen atoms in total. The minimum atomic E-state index is -4.51. The second kappa shape index (κ2) is 6.13. The lowest BCUT2D eigenvalue weighted by Gasteiger charge is -2.11. The molecule has 0 heterocycles. The van der Waals surface area contributed by atoms with E-state index in [1.165, 1.54) is 36.4 Å². The molecule has 2 aromatic rings. The fourth-order valence-corrected chi connectivity index (χ4v) is 1.84. The molecule has 0 amide bonds. The number of anilines is 1. The van der Waals surface area contributed by atoms with Crippen molar-refractivity contribution in [3.8, 4) is 0 Å². The molecule has 0 saturated carbocycles. The fourth-order valence-electron chi connectivity index (χ4n) is 1.63. The number of benzene rings is 2. The maximum absolute atomic E-state index is 13.5. The van der Waals surface area contributed by atoms with Crippen molar-refractivity contribution in [3.63, 3.8) is 0 Å². The van der Waals surface area contributed by atoms with E-state index in [-0.39, 0.29) is 16.3 Å². The molecule has 2 rings (SSSR count). The van der Waals surface area contributed by atoms with E-state index < -0.39 is 17.6 Å². The van der Waals surface area contributed by atoms with E-state index in [9.17, 15) is 17.6 Å². The highest BCUT2D eigenvalue weighted by Crippen LogP contribution is 2.34. The van der Waals surface area contributed by atoms with E-state index in [4.69, 9.17) is 11.6 Å². The molecule has 0 atom stereocenters. The number of nitrogens with zero attached hydrogens (tertiary/aromatic N) is 1. The van der Waals surface area contributed by atoms with Crippen LogP contribution in [-0.2, 0) is 6.18 Å². The maximum atomic E-state index is 13.5. The monoisotopic (exact) mass is 316 g/mol. The molecule has 0 aliphatic carbocycles. The number of rotatable bonds is 3. The van der Waals surface area contributed by atoms with Gasteiger partial charge in [0.15, 0.2) is 0 Å². The van der Waals surface area contributed by atoms with Crippen molar-refractivity contribution < 1.29 is 17.6 Å². The summed E-state index contributed by atoms with van der Waals surface area (Å²) in [5.41, 5.74) is 1.16. The van der Waals surface area contributed by atoms with Crippen molar-refractivity contribution in [1.82, 2.24) is 0 Å². The lowest BCUT2D eigenvalue weighted by molar-refractivity contribution is -0.136. The molecule has 2 aromatic carbocycles. The quantitative estimate of drug-likeness (QED) is 0.484. The average Bonchev–Trinajstić information content (AvgIpc) is 2.41. The highest BCUT2D eigenvalue weighted by atomic mass is 35.5. The van der Waals surface area contributed by atoms with Gasteiger partial charge < -0.3 is 0 Å². The molecule has 0 unspecified atom stereocenters. The van der Waals surface area contributed by atoms with Crippen LogP contribution < -0.4 is 5.43 Å². The first kappa shape index (κ1) is 15.3. The first-order valence-corrected chi connectivity index (χ1v) is 6.16. The first-order valence-electron chi connectivity index (χ1n) is 5.79. The van der Waals surface area contributed by atoms with Crippen molar-refractivity contribution >= 4 is 23.5 Å². The third-order valence-electron chi connectivity index (χ3n) is 2.61. The van der Waals surface area contributed by atoms with E-state index in [1.807, 2.05) is 0 Å². The Hall–Kier alpha value is -2.08. The molecule has 110 valence electrons. The third kappa shape index (κ3) is 3.72. The number of nitrogens with one attached hydrogen (secondary N) is 1. The summed E-state index contributed by atoms with van der Waals surface area (Å²) in [6, 6.07) is 8.90. The highest BCUT2D eigenvalue weighted by molar-refractivity contribution is 6.33. The minimum Gasteiger partial charge on any atom is -0.278 e. The fraction of sp³-hybridized carbons (Fsp3) is 0.0714. The molecule has 21 heavy (non-hydrogen) atoms. The van der Waals surface area contributed by atoms with Gasteiger partial charge in [-0.3, -0.25) is 5.43 Å².